The standard InChI is InChI=1S/C16H21N3O3S/c1-12(10-19-15-8-3-2-7-14(15)9-17-19)16(20)18-23(21,22)11-13-5-4-6-13/h2-3,7-9,12-13H,4-6,10-11H2,1H3,(H,18,20)/t12-/m0/s1. The number of carbonyl (C=O) groups is 1. The van der Waals surface area contributed by atoms with Gasteiger partial charge < -0.3 is 0 Å². The fraction of sp³-hybridized carbons (Fsp3) is 0.500. The Morgan fingerprint density at radius 1 is 1.39 bits per heavy atom. The molecule has 1 amide bonds. The van der Waals surface area contributed by atoms with Gasteiger partial charge in [0.15, 0.2) is 0 Å². The van der Waals surface area contributed by atoms with Crippen molar-refractivity contribution in [2.24, 2.45) is 11.8 Å². The predicted molar refractivity (Wildman–Crippen MR) is 88.2 cm³/mol. The van der Waals surface area contributed by atoms with Crippen LogP contribution in [0.15, 0.2) is 30.5 Å². The van der Waals surface area contributed by atoms with Crippen molar-refractivity contribution in [2.75, 3.05) is 5.75 Å². The number of benzene rings is 1. The molecule has 1 N–H and O–H groups in total. The molecule has 1 atom stereocenters. The zero-order valence-corrected chi connectivity index (χ0v) is 13.9. The van der Waals surface area contributed by atoms with Gasteiger partial charge in [-0.2, -0.15) is 5.10 Å². The molecule has 1 heterocycles. The van der Waals surface area contributed by atoms with Crippen LogP contribution in [0.5, 0.6) is 0 Å². The first-order chi connectivity index (χ1) is 10.9. The van der Waals surface area contributed by atoms with E-state index in [1.807, 2.05) is 24.3 Å². The summed E-state index contributed by atoms with van der Waals surface area (Å²) in [5.41, 5.74) is 0.935. The van der Waals surface area contributed by atoms with Crippen molar-refractivity contribution in [3.05, 3.63) is 30.5 Å². The SMILES string of the molecule is C[C@@H](Cn1ncc2ccccc21)C(=O)NS(=O)(=O)CC1CCC1. The molecular formula is C16H21N3O3S. The van der Waals surface area contributed by atoms with Crippen molar-refractivity contribution in [1.82, 2.24) is 14.5 Å². The van der Waals surface area contributed by atoms with E-state index in [9.17, 15) is 13.2 Å². The molecule has 1 aromatic carbocycles. The van der Waals surface area contributed by atoms with Crippen LogP contribution in [0.2, 0.25) is 0 Å². The minimum absolute atomic E-state index is 0.0517. The summed E-state index contributed by atoms with van der Waals surface area (Å²) in [6.07, 6.45) is 4.69. The molecule has 3 rings (SSSR count). The van der Waals surface area contributed by atoms with Crippen LogP contribution < -0.4 is 4.72 Å². The van der Waals surface area contributed by atoms with Crippen molar-refractivity contribution in [3.63, 3.8) is 0 Å². The summed E-state index contributed by atoms with van der Waals surface area (Å²) in [5, 5.41) is 5.27. The molecular weight excluding hydrogens is 314 g/mol. The Bertz CT molecular complexity index is 809. The summed E-state index contributed by atoms with van der Waals surface area (Å²) >= 11 is 0. The Kier molecular flexibility index (Phi) is 4.39. The Morgan fingerprint density at radius 2 is 2.13 bits per heavy atom. The number of amides is 1. The second-order valence-electron chi connectivity index (χ2n) is 6.33. The molecule has 1 aliphatic rings. The third-order valence-corrected chi connectivity index (χ3v) is 5.80. The van der Waals surface area contributed by atoms with E-state index in [1.165, 1.54) is 0 Å². The van der Waals surface area contributed by atoms with Gasteiger partial charge >= 0.3 is 0 Å². The van der Waals surface area contributed by atoms with Gasteiger partial charge in [-0.3, -0.25) is 14.2 Å². The number of sulfonamides is 1. The lowest BCUT2D eigenvalue weighted by Crippen LogP contribution is -2.40. The fourth-order valence-electron chi connectivity index (χ4n) is 2.78. The summed E-state index contributed by atoms with van der Waals surface area (Å²) in [6.45, 7) is 2.06. The molecule has 6 nitrogen and oxygen atoms in total. The van der Waals surface area contributed by atoms with Crippen molar-refractivity contribution in [1.29, 1.82) is 0 Å². The van der Waals surface area contributed by atoms with E-state index in [0.29, 0.717) is 6.54 Å². The van der Waals surface area contributed by atoms with E-state index in [-0.39, 0.29) is 11.7 Å². The molecule has 0 radical (unpaired) electrons. The van der Waals surface area contributed by atoms with E-state index in [0.717, 1.165) is 30.2 Å². The largest absolute Gasteiger partial charge is 0.274 e. The number of carbonyl (C=O) groups excluding carboxylic acids is 1. The molecule has 0 saturated heterocycles. The van der Waals surface area contributed by atoms with Gasteiger partial charge in [-0.1, -0.05) is 31.5 Å². The van der Waals surface area contributed by atoms with E-state index in [1.54, 1.807) is 17.8 Å². The smallest absolute Gasteiger partial charge is 0.238 e. The maximum Gasteiger partial charge on any atom is 0.238 e. The molecule has 0 spiro atoms. The minimum Gasteiger partial charge on any atom is -0.274 e. The maximum absolute atomic E-state index is 12.2. The Balaban J connectivity index is 1.63. The van der Waals surface area contributed by atoms with Gasteiger partial charge in [0, 0.05) is 5.39 Å². The second kappa shape index (κ2) is 6.31. The van der Waals surface area contributed by atoms with Crippen LogP contribution in [-0.2, 0) is 21.4 Å². The first-order valence-corrected chi connectivity index (χ1v) is 9.55. The third-order valence-electron chi connectivity index (χ3n) is 4.38. The monoisotopic (exact) mass is 335 g/mol. The van der Waals surface area contributed by atoms with Gasteiger partial charge in [0.1, 0.15) is 0 Å². The number of hydrogen-bond donors (Lipinski definition) is 1. The molecule has 23 heavy (non-hydrogen) atoms. The number of aromatic nitrogens is 2. The van der Waals surface area contributed by atoms with Crippen molar-refractivity contribution in [3.8, 4) is 0 Å². The van der Waals surface area contributed by atoms with E-state index < -0.39 is 21.8 Å². The number of para-hydroxylation sites is 1. The highest BCUT2D eigenvalue weighted by Crippen LogP contribution is 2.27. The zero-order chi connectivity index (χ0) is 16.4. The van der Waals surface area contributed by atoms with E-state index in [2.05, 4.69) is 9.82 Å². The molecule has 124 valence electrons. The van der Waals surface area contributed by atoms with Crippen LogP contribution in [-0.4, -0.2) is 29.9 Å². The van der Waals surface area contributed by atoms with Crippen molar-refractivity contribution in [2.45, 2.75) is 32.7 Å². The number of hydrogen-bond acceptors (Lipinski definition) is 4. The Morgan fingerprint density at radius 3 is 2.83 bits per heavy atom. The minimum atomic E-state index is -3.54. The summed E-state index contributed by atoms with van der Waals surface area (Å²) in [6, 6.07) is 7.72. The lowest BCUT2D eigenvalue weighted by Gasteiger charge is -2.25. The van der Waals surface area contributed by atoms with Crippen LogP contribution in [0.3, 0.4) is 0 Å². The lowest BCUT2D eigenvalue weighted by atomic mass is 9.87. The van der Waals surface area contributed by atoms with Crippen LogP contribution in [0.1, 0.15) is 26.2 Å². The summed E-state index contributed by atoms with van der Waals surface area (Å²) < 4.78 is 28.0. The molecule has 0 unspecified atom stereocenters. The average molecular weight is 335 g/mol. The Hall–Kier alpha value is -1.89. The average Bonchev–Trinajstić information content (AvgIpc) is 2.86. The highest BCUT2D eigenvalue weighted by atomic mass is 32.2. The summed E-state index contributed by atoms with van der Waals surface area (Å²) in [7, 11) is -3.54. The summed E-state index contributed by atoms with van der Waals surface area (Å²) in [5.74, 6) is -0.695. The first-order valence-electron chi connectivity index (χ1n) is 7.89. The Labute approximate surface area is 135 Å². The molecule has 1 aliphatic carbocycles. The number of nitrogens with one attached hydrogen (secondary N) is 1. The predicted octanol–water partition coefficient (Wildman–Crippen LogP) is 1.92. The molecule has 1 aromatic heterocycles. The van der Waals surface area contributed by atoms with Gasteiger partial charge in [-0.25, -0.2) is 8.42 Å². The maximum atomic E-state index is 12.2. The van der Waals surface area contributed by atoms with Gasteiger partial charge in [0.2, 0.25) is 15.9 Å². The van der Waals surface area contributed by atoms with Gasteiger partial charge in [-0.15, -0.1) is 0 Å². The zero-order valence-electron chi connectivity index (χ0n) is 13.1. The number of fused-ring (bicyclic) bond motifs is 1. The van der Waals surface area contributed by atoms with Crippen molar-refractivity contribution >= 4 is 26.8 Å². The number of nitrogens with zero attached hydrogens (tertiary/aromatic N) is 2. The second-order valence-corrected chi connectivity index (χ2v) is 8.10. The van der Waals surface area contributed by atoms with Crippen LogP contribution in [0.4, 0.5) is 0 Å². The lowest BCUT2D eigenvalue weighted by molar-refractivity contribution is -0.123. The topological polar surface area (TPSA) is 81.1 Å². The fourth-order valence-corrected chi connectivity index (χ4v) is 4.32. The molecule has 0 bridgehead atoms. The van der Waals surface area contributed by atoms with E-state index >= 15 is 0 Å². The molecule has 1 fully saturated rings. The summed E-state index contributed by atoms with van der Waals surface area (Å²) in [4.78, 5) is 12.2. The normalized spacial score (nSPS) is 16.9. The molecule has 1 saturated carbocycles. The third kappa shape index (κ3) is 3.72. The van der Waals surface area contributed by atoms with Crippen LogP contribution in [0.25, 0.3) is 10.9 Å². The van der Waals surface area contributed by atoms with Crippen LogP contribution in [0, 0.1) is 11.8 Å². The van der Waals surface area contributed by atoms with Crippen LogP contribution >= 0.6 is 0 Å². The quantitative estimate of drug-likeness (QED) is 0.874. The first kappa shape index (κ1) is 16.0. The number of rotatable bonds is 6. The highest BCUT2D eigenvalue weighted by Gasteiger charge is 2.27. The molecule has 0 aliphatic heterocycles. The van der Waals surface area contributed by atoms with Gasteiger partial charge in [0.25, 0.3) is 0 Å². The van der Waals surface area contributed by atoms with E-state index in [4.69, 9.17) is 0 Å². The molecule has 7 heteroatoms. The van der Waals surface area contributed by atoms with Crippen molar-refractivity contribution < 1.29 is 13.2 Å². The van der Waals surface area contributed by atoms with Gasteiger partial charge in [-0.05, 0) is 24.8 Å². The highest BCUT2D eigenvalue weighted by molar-refractivity contribution is 7.90. The van der Waals surface area contributed by atoms with Gasteiger partial charge in [0.05, 0.1) is 29.9 Å². The molecule has 2 aromatic rings.